The number of rotatable bonds is 17. The van der Waals surface area contributed by atoms with E-state index in [-0.39, 0.29) is 12.0 Å². The maximum absolute atomic E-state index is 6.70. The Bertz CT molecular complexity index is 2240. The first-order chi connectivity index (χ1) is 29.0. The van der Waals surface area contributed by atoms with Gasteiger partial charge in [0.05, 0.1) is 17.4 Å². The Kier molecular flexibility index (Phi) is 13.6. The van der Waals surface area contributed by atoms with E-state index in [0.29, 0.717) is 22.7 Å². The third-order valence-corrected chi connectivity index (χ3v) is 12.7. The normalized spacial score (nSPS) is 16.8. The minimum absolute atomic E-state index is 0.144. The smallest absolute Gasteiger partial charge is 0.227 e. The number of aryl methyl sites for hydroxylation is 1. The average Bonchev–Trinajstić information content (AvgIpc) is 3.57. The molecule has 0 bridgehead atoms. The van der Waals surface area contributed by atoms with Gasteiger partial charge >= 0.3 is 0 Å². The highest BCUT2D eigenvalue weighted by molar-refractivity contribution is 6.32. The number of nitrogens with one attached hydrogen (secondary N) is 3. The molecule has 11 nitrogen and oxygen atoms in total. The molecule has 1 unspecified atom stereocenters. The molecule has 1 atom stereocenters. The molecule has 60 heavy (non-hydrogen) atoms. The summed E-state index contributed by atoms with van der Waals surface area (Å²) in [5.74, 6) is 2.15. The summed E-state index contributed by atoms with van der Waals surface area (Å²) >= 11 is 6.70. The predicted octanol–water partition coefficient (Wildman–Crippen LogP) is 9.57. The summed E-state index contributed by atoms with van der Waals surface area (Å²) in [4.78, 5) is 19.4. The molecular weight excluding hydrogens is 766 g/mol. The molecular formula is C48H64ClN11. The van der Waals surface area contributed by atoms with Gasteiger partial charge in [0.15, 0.2) is 5.82 Å². The number of benzene rings is 2. The van der Waals surface area contributed by atoms with Gasteiger partial charge in [-0.2, -0.15) is 10.1 Å². The Hall–Kier alpha value is -5.26. The zero-order valence-electron chi connectivity index (χ0n) is 36.4. The van der Waals surface area contributed by atoms with Crippen molar-refractivity contribution in [3.63, 3.8) is 0 Å². The Morgan fingerprint density at radius 2 is 1.78 bits per heavy atom. The number of nitrogens with zero attached hydrogens (tertiary/aromatic N) is 8. The van der Waals surface area contributed by atoms with Crippen LogP contribution in [0.3, 0.4) is 0 Å². The van der Waals surface area contributed by atoms with Crippen molar-refractivity contribution in [1.29, 1.82) is 0 Å². The summed E-state index contributed by atoms with van der Waals surface area (Å²) in [6, 6.07) is 13.5. The zero-order valence-corrected chi connectivity index (χ0v) is 37.2. The Morgan fingerprint density at radius 1 is 1.02 bits per heavy atom. The van der Waals surface area contributed by atoms with Gasteiger partial charge in [-0.3, -0.25) is 9.58 Å². The number of piperidine rings is 1. The molecule has 0 amide bonds. The van der Waals surface area contributed by atoms with Crippen molar-refractivity contribution in [3.05, 3.63) is 114 Å². The minimum Gasteiger partial charge on any atom is -0.392 e. The van der Waals surface area contributed by atoms with Crippen LogP contribution >= 0.6 is 11.6 Å². The molecule has 3 N–H and O–H groups in total. The topological polar surface area (TPSA) is 92.7 Å². The van der Waals surface area contributed by atoms with E-state index < -0.39 is 0 Å². The summed E-state index contributed by atoms with van der Waals surface area (Å²) < 4.78 is 2.03. The number of anilines is 5. The van der Waals surface area contributed by atoms with Crippen LogP contribution < -0.4 is 30.7 Å². The van der Waals surface area contributed by atoms with Gasteiger partial charge in [-0.15, -0.1) is 0 Å². The van der Waals surface area contributed by atoms with Crippen molar-refractivity contribution < 1.29 is 0 Å². The molecule has 3 aliphatic heterocycles. The van der Waals surface area contributed by atoms with Crippen LogP contribution in [0.4, 0.5) is 28.8 Å². The second-order valence-electron chi connectivity index (χ2n) is 16.8. The van der Waals surface area contributed by atoms with Crippen molar-refractivity contribution >= 4 is 57.4 Å². The van der Waals surface area contributed by atoms with E-state index in [0.717, 1.165) is 111 Å². The first-order valence-corrected chi connectivity index (χ1v) is 22.1. The third kappa shape index (κ3) is 9.37. The SMILES string of the molecule is C=CNC(=C)C(CCC)c1nn(C)c2cc(N3CCC(CN4CCN(c5ncc(Cl)c(Nc6ccc7c(c6)C=C(CCC(=C)NC)C(=C)N7C(C)C)n5)CC4)CC3)ccc12. The van der Waals surface area contributed by atoms with E-state index in [4.69, 9.17) is 21.7 Å². The largest absolute Gasteiger partial charge is 0.392 e. The second-order valence-corrected chi connectivity index (χ2v) is 17.2. The van der Waals surface area contributed by atoms with Gasteiger partial charge in [0, 0.05) is 117 Å². The fraction of sp³-hybridized carbons (Fsp3) is 0.438. The predicted molar refractivity (Wildman–Crippen MR) is 253 cm³/mol. The standard InChI is InChI=1S/C48H64ClN11/c1-10-12-41(34(6)51-11-2)46-42-17-16-40(29-45(42)56(9)55-46)58-21-19-36(20-22-58)31-57-23-25-59(26-24-57)48-52-30-43(49)47(54-48)53-39-15-18-44-38(28-39)27-37(14-13-33(5)50-8)35(7)60(44)32(3)4/h11,15-18,27-30,32,36,41,50-51H,2,5-7,10,12-14,19-26,31H2,1,3-4,8-9H3,(H,52,53,54). The van der Waals surface area contributed by atoms with Crippen molar-refractivity contribution in [3.8, 4) is 0 Å². The van der Waals surface area contributed by atoms with Gasteiger partial charge in [-0.1, -0.05) is 51.3 Å². The second kappa shape index (κ2) is 19.0. The van der Waals surface area contributed by atoms with E-state index in [2.05, 4.69) is 137 Å². The maximum Gasteiger partial charge on any atom is 0.227 e. The summed E-state index contributed by atoms with van der Waals surface area (Å²) in [6.07, 6.45) is 11.8. The van der Waals surface area contributed by atoms with Crippen LogP contribution in [0, 0.1) is 5.92 Å². The molecule has 0 radical (unpaired) electrons. The summed E-state index contributed by atoms with van der Waals surface area (Å²) in [5.41, 5.74) is 11.0. The number of fused-ring (bicyclic) bond motifs is 2. The molecule has 318 valence electrons. The highest BCUT2D eigenvalue weighted by Gasteiger charge is 2.28. The van der Waals surface area contributed by atoms with Gasteiger partial charge in [0.25, 0.3) is 0 Å². The molecule has 12 heteroatoms. The minimum atomic E-state index is 0.144. The highest BCUT2D eigenvalue weighted by atomic mass is 35.5. The van der Waals surface area contributed by atoms with Gasteiger partial charge in [0.2, 0.25) is 5.95 Å². The number of hydrogen-bond donors (Lipinski definition) is 3. The lowest BCUT2D eigenvalue weighted by molar-refractivity contribution is 0.201. The molecule has 2 aromatic heterocycles. The lowest BCUT2D eigenvalue weighted by atomic mass is 9.93. The van der Waals surface area contributed by atoms with Crippen molar-refractivity contribution in [2.75, 3.05) is 72.9 Å². The van der Waals surface area contributed by atoms with E-state index in [9.17, 15) is 0 Å². The number of allylic oxidation sites excluding steroid dienone is 3. The maximum atomic E-state index is 6.70. The lowest BCUT2D eigenvalue weighted by Crippen LogP contribution is -2.49. The van der Waals surface area contributed by atoms with Crippen LogP contribution in [-0.2, 0) is 7.05 Å². The van der Waals surface area contributed by atoms with E-state index in [1.54, 1.807) is 12.4 Å². The molecule has 0 aliphatic carbocycles. The van der Waals surface area contributed by atoms with Gasteiger partial charge in [-0.05, 0) is 106 Å². The molecule has 2 aromatic carbocycles. The molecule has 2 fully saturated rings. The summed E-state index contributed by atoms with van der Waals surface area (Å²) in [7, 11) is 3.97. The van der Waals surface area contributed by atoms with Gasteiger partial charge < -0.3 is 30.7 Å². The first-order valence-electron chi connectivity index (χ1n) is 21.7. The van der Waals surface area contributed by atoms with Crippen LogP contribution in [-0.4, -0.2) is 83.6 Å². The van der Waals surface area contributed by atoms with Crippen LogP contribution in [0.15, 0.2) is 97.8 Å². The molecule has 4 aromatic rings. The quantitative estimate of drug-likeness (QED) is 0.0956. The summed E-state index contributed by atoms with van der Waals surface area (Å²) in [6.45, 7) is 30.3. The number of halogens is 1. The molecule has 7 rings (SSSR count). The molecule has 5 heterocycles. The van der Waals surface area contributed by atoms with E-state index in [1.165, 1.54) is 35.0 Å². The molecule has 2 saturated heterocycles. The first kappa shape index (κ1) is 42.8. The molecule has 3 aliphatic rings. The third-order valence-electron chi connectivity index (χ3n) is 12.5. The summed E-state index contributed by atoms with van der Waals surface area (Å²) in [5, 5.41) is 16.6. The number of hydrogen-bond acceptors (Lipinski definition) is 10. The van der Waals surface area contributed by atoms with Crippen molar-refractivity contribution in [2.24, 2.45) is 13.0 Å². The van der Waals surface area contributed by atoms with Crippen LogP contribution in [0.1, 0.15) is 76.5 Å². The van der Waals surface area contributed by atoms with Crippen molar-refractivity contribution in [2.45, 2.75) is 71.3 Å². The highest BCUT2D eigenvalue weighted by Crippen LogP contribution is 2.40. The molecule has 0 saturated carbocycles. The van der Waals surface area contributed by atoms with Crippen LogP contribution in [0.2, 0.25) is 5.02 Å². The zero-order chi connectivity index (χ0) is 42.5. The van der Waals surface area contributed by atoms with Crippen molar-refractivity contribution in [1.82, 2.24) is 35.3 Å². The van der Waals surface area contributed by atoms with E-state index in [1.807, 2.05) is 11.7 Å². The Balaban J connectivity index is 0.935. The van der Waals surface area contributed by atoms with Crippen LogP contribution in [0.5, 0.6) is 0 Å². The van der Waals surface area contributed by atoms with E-state index >= 15 is 0 Å². The Morgan fingerprint density at radius 3 is 2.48 bits per heavy atom. The molecule has 0 spiro atoms. The Labute approximate surface area is 362 Å². The fourth-order valence-corrected chi connectivity index (χ4v) is 9.22. The van der Waals surface area contributed by atoms with Gasteiger partial charge in [0.1, 0.15) is 5.02 Å². The number of piperazine rings is 1. The number of aromatic nitrogens is 4. The monoisotopic (exact) mass is 830 g/mol. The average molecular weight is 831 g/mol. The van der Waals surface area contributed by atoms with Gasteiger partial charge in [-0.25, -0.2) is 4.98 Å². The van der Waals surface area contributed by atoms with Crippen LogP contribution in [0.25, 0.3) is 17.0 Å². The lowest BCUT2D eigenvalue weighted by Gasteiger charge is -2.39. The fourth-order valence-electron chi connectivity index (χ4n) is 9.08.